The molecule has 0 saturated carbocycles. The molecular weight excluding hydrogens is 262 g/mol. The summed E-state index contributed by atoms with van der Waals surface area (Å²) in [4.78, 5) is 0.376. The molecule has 0 unspecified atom stereocenters. The molecule has 0 aliphatic heterocycles. The SMILES string of the molecule is CCCS(=O)(=O)c1ccccc1NCCOC(C)C. The van der Waals surface area contributed by atoms with E-state index in [0.29, 0.717) is 30.2 Å². The number of hydrogen-bond acceptors (Lipinski definition) is 4. The van der Waals surface area contributed by atoms with Crippen molar-refractivity contribution >= 4 is 15.5 Å². The van der Waals surface area contributed by atoms with E-state index in [0.717, 1.165) is 0 Å². The van der Waals surface area contributed by atoms with E-state index in [1.54, 1.807) is 18.2 Å². The van der Waals surface area contributed by atoms with Crippen molar-refractivity contribution in [2.24, 2.45) is 0 Å². The highest BCUT2D eigenvalue weighted by Crippen LogP contribution is 2.22. The zero-order valence-corrected chi connectivity index (χ0v) is 12.7. The molecule has 19 heavy (non-hydrogen) atoms. The fourth-order valence-corrected chi connectivity index (χ4v) is 3.26. The summed E-state index contributed by atoms with van der Waals surface area (Å²) in [5.74, 6) is 0.175. The molecule has 5 heteroatoms. The van der Waals surface area contributed by atoms with Gasteiger partial charge in [-0.1, -0.05) is 19.1 Å². The summed E-state index contributed by atoms with van der Waals surface area (Å²) in [5, 5.41) is 3.13. The van der Waals surface area contributed by atoms with Crippen LogP contribution in [-0.2, 0) is 14.6 Å². The van der Waals surface area contributed by atoms with E-state index in [1.807, 2.05) is 26.8 Å². The van der Waals surface area contributed by atoms with Crippen LogP contribution in [0.25, 0.3) is 0 Å². The Hall–Kier alpha value is -1.07. The molecule has 0 atom stereocenters. The average molecular weight is 285 g/mol. The van der Waals surface area contributed by atoms with Gasteiger partial charge in [0.25, 0.3) is 0 Å². The first-order chi connectivity index (χ1) is 8.97. The van der Waals surface area contributed by atoms with Crippen LogP contribution in [0, 0.1) is 0 Å². The Balaban J connectivity index is 2.74. The highest BCUT2D eigenvalue weighted by molar-refractivity contribution is 7.91. The van der Waals surface area contributed by atoms with Gasteiger partial charge in [0.05, 0.1) is 29.0 Å². The second-order valence-corrected chi connectivity index (χ2v) is 6.74. The summed E-state index contributed by atoms with van der Waals surface area (Å²) in [5.41, 5.74) is 0.656. The van der Waals surface area contributed by atoms with Gasteiger partial charge >= 0.3 is 0 Å². The third kappa shape index (κ3) is 5.20. The smallest absolute Gasteiger partial charge is 0.180 e. The maximum absolute atomic E-state index is 12.1. The molecule has 108 valence electrons. The monoisotopic (exact) mass is 285 g/mol. The Morgan fingerprint density at radius 2 is 1.95 bits per heavy atom. The van der Waals surface area contributed by atoms with Crippen LogP contribution in [0.4, 0.5) is 5.69 Å². The Morgan fingerprint density at radius 1 is 1.26 bits per heavy atom. The van der Waals surface area contributed by atoms with Gasteiger partial charge in [0.15, 0.2) is 9.84 Å². The van der Waals surface area contributed by atoms with Crippen LogP contribution >= 0.6 is 0 Å². The lowest BCUT2D eigenvalue weighted by Gasteiger charge is -2.13. The number of benzene rings is 1. The van der Waals surface area contributed by atoms with Gasteiger partial charge in [-0.15, -0.1) is 0 Å². The van der Waals surface area contributed by atoms with Gasteiger partial charge in [-0.05, 0) is 32.4 Å². The van der Waals surface area contributed by atoms with E-state index in [4.69, 9.17) is 4.74 Å². The van der Waals surface area contributed by atoms with Crippen molar-refractivity contribution < 1.29 is 13.2 Å². The van der Waals surface area contributed by atoms with Gasteiger partial charge < -0.3 is 10.1 Å². The molecule has 0 fully saturated rings. The molecule has 0 spiro atoms. The molecule has 1 aromatic carbocycles. The van der Waals surface area contributed by atoms with E-state index >= 15 is 0 Å². The first kappa shape index (κ1) is 16.0. The Kier molecular flexibility index (Phi) is 6.31. The quantitative estimate of drug-likeness (QED) is 0.746. The van der Waals surface area contributed by atoms with Gasteiger partial charge in [0.1, 0.15) is 0 Å². The van der Waals surface area contributed by atoms with Crippen molar-refractivity contribution in [1.82, 2.24) is 0 Å². The molecule has 0 saturated heterocycles. The fraction of sp³-hybridized carbons (Fsp3) is 0.571. The lowest BCUT2D eigenvalue weighted by Crippen LogP contribution is -2.15. The second kappa shape index (κ2) is 7.50. The number of anilines is 1. The van der Waals surface area contributed by atoms with Crippen molar-refractivity contribution in [2.45, 2.75) is 38.2 Å². The second-order valence-electron chi connectivity index (χ2n) is 4.66. The van der Waals surface area contributed by atoms with Crippen LogP contribution in [0.1, 0.15) is 27.2 Å². The fourth-order valence-electron chi connectivity index (χ4n) is 1.74. The minimum absolute atomic E-state index is 0.175. The zero-order chi connectivity index (χ0) is 14.3. The van der Waals surface area contributed by atoms with Crippen LogP contribution in [0.15, 0.2) is 29.2 Å². The first-order valence-electron chi connectivity index (χ1n) is 6.64. The normalized spacial score (nSPS) is 11.8. The van der Waals surface area contributed by atoms with Crippen LogP contribution in [0.5, 0.6) is 0 Å². The lowest BCUT2D eigenvalue weighted by atomic mass is 10.3. The standard InChI is InChI=1S/C14H23NO3S/c1-4-11-19(16,17)14-8-6-5-7-13(14)15-9-10-18-12(2)3/h5-8,12,15H,4,9-11H2,1-3H3. The predicted molar refractivity (Wildman–Crippen MR) is 78.4 cm³/mol. The average Bonchev–Trinajstić information content (AvgIpc) is 2.35. The Morgan fingerprint density at radius 3 is 2.58 bits per heavy atom. The minimum atomic E-state index is -3.20. The number of ether oxygens (including phenoxy) is 1. The van der Waals surface area contributed by atoms with Gasteiger partial charge in [0.2, 0.25) is 0 Å². The molecule has 1 N–H and O–H groups in total. The maximum atomic E-state index is 12.1. The zero-order valence-electron chi connectivity index (χ0n) is 11.8. The third-order valence-corrected chi connectivity index (χ3v) is 4.54. The summed E-state index contributed by atoms with van der Waals surface area (Å²) < 4.78 is 29.7. The molecule has 0 bridgehead atoms. The van der Waals surface area contributed by atoms with Crippen LogP contribution in [0.3, 0.4) is 0 Å². The van der Waals surface area contributed by atoms with Crippen LogP contribution in [-0.4, -0.2) is 33.4 Å². The number of rotatable bonds is 8. The van der Waals surface area contributed by atoms with Crippen molar-refractivity contribution in [3.8, 4) is 0 Å². The molecule has 0 aromatic heterocycles. The summed E-state index contributed by atoms with van der Waals surface area (Å²) >= 11 is 0. The number of sulfone groups is 1. The predicted octanol–water partition coefficient (Wildman–Crippen LogP) is 2.71. The molecule has 0 heterocycles. The third-order valence-electron chi connectivity index (χ3n) is 2.56. The van der Waals surface area contributed by atoms with E-state index in [2.05, 4.69) is 5.32 Å². The summed E-state index contributed by atoms with van der Waals surface area (Å²) in [7, 11) is -3.20. The topological polar surface area (TPSA) is 55.4 Å². The molecule has 4 nitrogen and oxygen atoms in total. The van der Waals surface area contributed by atoms with Gasteiger partial charge in [-0.25, -0.2) is 8.42 Å². The van der Waals surface area contributed by atoms with Gasteiger partial charge in [0, 0.05) is 6.54 Å². The largest absolute Gasteiger partial charge is 0.382 e. The van der Waals surface area contributed by atoms with Crippen LogP contribution in [0.2, 0.25) is 0 Å². The van der Waals surface area contributed by atoms with Gasteiger partial charge in [-0.2, -0.15) is 0 Å². The van der Waals surface area contributed by atoms with E-state index in [-0.39, 0.29) is 11.9 Å². The highest BCUT2D eigenvalue weighted by Gasteiger charge is 2.16. The van der Waals surface area contributed by atoms with E-state index in [9.17, 15) is 8.42 Å². The molecular formula is C14H23NO3S. The van der Waals surface area contributed by atoms with Crippen molar-refractivity contribution in [3.63, 3.8) is 0 Å². The van der Waals surface area contributed by atoms with Crippen molar-refractivity contribution in [1.29, 1.82) is 0 Å². The number of para-hydroxylation sites is 1. The van der Waals surface area contributed by atoms with Crippen molar-refractivity contribution in [2.75, 3.05) is 24.2 Å². The Labute approximate surface area is 116 Å². The summed E-state index contributed by atoms with van der Waals surface area (Å²) in [6.45, 7) is 6.96. The van der Waals surface area contributed by atoms with Crippen LogP contribution < -0.4 is 5.32 Å². The first-order valence-corrected chi connectivity index (χ1v) is 8.30. The van der Waals surface area contributed by atoms with Crippen molar-refractivity contribution in [3.05, 3.63) is 24.3 Å². The minimum Gasteiger partial charge on any atom is -0.382 e. The number of hydrogen-bond donors (Lipinski definition) is 1. The van der Waals surface area contributed by atoms with E-state index in [1.165, 1.54) is 0 Å². The lowest BCUT2D eigenvalue weighted by molar-refractivity contribution is 0.0870. The summed E-state index contributed by atoms with van der Waals surface area (Å²) in [6, 6.07) is 7.02. The van der Waals surface area contributed by atoms with Gasteiger partial charge in [-0.3, -0.25) is 0 Å². The molecule has 0 radical (unpaired) electrons. The number of nitrogens with one attached hydrogen (secondary N) is 1. The van der Waals surface area contributed by atoms with E-state index < -0.39 is 9.84 Å². The molecule has 1 rings (SSSR count). The molecule has 1 aromatic rings. The molecule has 0 aliphatic rings. The maximum Gasteiger partial charge on any atom is 0.180 e. The Bertz CT molecular complexity index is 483. The molecule has 0 aliphatic carbocycles. The molecule has 0 amide bonds. The summed E-state index contributed by atoms with van der Waals surface area (Å²) in [6.07, 6.45) is 0.800. The highest BCUT2D eigenvalue weighted by atomic mass is 32.2.